The number of nitrogens with zero attached hydrogens (tertiary/aromatic N) is 3. The molecule has 0 spiro atoms. The summed E-state index contributed by atoms with van der Waals surface area (Å²) in [5.74, 6) is 1.10. The molecule has 0 aliphatic carbocycles. The topological polar surface area (TPSA) is 59.5 Å². The fraction of sp³-hybridized carbons (Fsp3) is 0.692. The van der Waals surface area contributed by atoms with Gasteiger partial charge in [-0.15, -0.1) is 0 Å². The lowest BCUT2D eigenvalue weighted by molar-refractivity contribution is -0.0416. The SMILES string of the molecule is COc1nc(NCC2CN3CCCC3CO2)ncc1Br. The lowest BCUT2D eigenvalue weighted by Crippen LogP contribution is -2.48. The van der Waals surface area contributed by atoms with Gasteiger partial charge in [0.1, 0.15) is 0 Å². The summed E-state index contributed by atoms with van der Waals surface area (Å²) in [6.07, 6.45) is 4.45. The van der Waals surface area contributed by atoms with Gasteiger partial charge in [-0.1, -0.05) is 0 Å². The first kappa shape index (κ1) is 14.0. The van der Waals surface area contributed by atoms with Crippen LogP contribution in [0.4, 0.5) is 5.95 Å². The molecule has 110 valence electrons. The molecule has 2 fully saturated rings. The highest BCUT2D eigenvalue weighted by molar-refractivity contribution is 9.10. The summed E-state index contributed by atoms with van der Waals surface area (Å²) in [6, 6.07) is 0.635. The summed E-state index contributed by atoms with van der Waals surface area (Å²) in [6.45, 7) is 3.75. The van der Waals surface area contributed by atoms with Crippen LogP contribution in [0.25, 0.3) is 0 Å². The summed E-state index contributed by atoms with van der Waals surface area (Å²) < 4.78 is 11.8. The minimum Gasteiger partial charge on any atom is -0.480 e. The van der Waals surface area contributed by atoms with Gasteiger partial charge in [-0.25, -0.2) is 4.98 Å². The van der Waals surface area contributed by atoms with E-state index in [1.54, 1.807) is 13.3 Å². The number of methoxy groups -OCH3 is 1. The van der Waals surface area contributed by atoms with E-state index in [-0.39, 0.29) is 6.10 Å². The molecule has 2 unspecified atom stereocenters. The van der Waals surface area contributed by atoms with Gasteiger partial charge >= 0.3 is 0 Å². The normalized spacial score (nSPS) is 26.3. The van der Waals surface area contributed by atoms with Gasteiger partial charge in [0.05, 0.1) is 30.5 Å². The second-order valence-corrected chi connectivity index (χ2v) is 6.03. The van der Waals surface area contributed by atoms with E-state index in [9.17, 15) is 0 Å². The molecule has 0 saturated carbocycles. The van der Waals surface area contributed by atoms with Gasteiger partial charge < -0.3 is 14.8 Å². The predicted molar refractivity (Wildman–Crippen MR) is 79.1 cm³/mol. The van der Waals surface area contributed by atoms with Crippen LogP contribution in [0.2, 0.25) is 0 Å². The highest BCUT2D eigenvalue weighted by atomic mass is 79.9. The van der Waals surface area contributed by atoms with Crippen molar-refractivity contribution in [3.63, 3.8) is 0 Å². The van der Waals surface area contributed by atoms with Crippen molar-refractivity contribution in [1.82, 2.24) is 14.9 Å². The molecule has 0 radical (unpaired) electrons. The van der Waals surface area contributed by atoms with Crippen molar-refractivity contribution in [3.8, 4) is 5.88 Å². The molecule has 1 aromatic heterocycles. The number of rotatable bonds is 4. The van der Waals surface area contributed by atoms with Crippen molar-refractivity contribution in [1.29, 1.82) is 0 Å². The zero-order chi connectivity index (χ0) is 13.9. The number of nitrogens with one attached hydrogen (secondary N) is 1. The number of morpholine rings is 1. The standard InChI is InChI=1S/C13H19BrN4O2/c1-19-12-11(14)6-16-13(17-12)15-5-10-7-18-4-2-3-9(18)8-20-10/h6,9-10H,2-5,7-8H2,1H3,(H,15,16,17). The van der Waals surface area contributed by atoms with Gasteiger partial charge in [-0.3, -0.25) is 4.90 Å². The Morgan fingerprint density at radius 3 is 3.35 bits per heavy atom. The molecule has 6 nitrogen and oxygen atoms in total. The molecule has 2 saturated heterocycles. The Morgan fingerprint density at radius 2 is 2.50 bits per heavy atom. The van der Waals surface area contributed by atoms with Crippen molar-refractivity contribution in [2.24, 2.45) is 0 Å². The summed E-state index contributed by atoms with van der Waals surface area (Å²) in [5.41, 5.74) is 0. The molecular weight excluding hydrogens is 324 g/mol. The third-order valence-electron chi connectivity index (χ3n) is 3.85. The van der Waals surface area contributed by atoms with E-state index >= 15 is 0 Å². The monoisotopic (exact) mass is 342 g/mol. The first-order valence-corrected chi connectivity index (χ1v) is 7.71. The molecule has 3 heterocycles. The molecule has 2 atom stereocenters. The van der Waals surface area contributed by atoms with E-state index in [1.165, 1.54) is 19.4 Å². The number of aromatic nitrogens is 2. The van der Waals surface area contributed by atoms with E-state index in [0.29, 0.717) is 24.4 Å². The van der Waals surface area contributed by atoms with Crippen molar-refractivity contribution in [3.05, 3.63) is 10.7 Å². The van der Waals surface area contributed by atoms with Gasteiger partial charge in [0.25, 0.3) is 0 Å². The first-order chi connectivity index (χ1) is 9.76. The quantitative estimate of drug-likeness (QED) is 0.895. The highest BCUT2D eigenvalue weighted by Gasteiger charge is 2.32. The minimum atomic E-state index is 0.197. The largest absolute Gasteiger partial charge is 0.480 e. The lowest BCUT2D eigenvalue weighted by Gasteiger charge is -2.35. The molecule has 2 aliphatic heterocycles. The molecule has 3 rings (SSSR count). The van der Waals surface area contributed by atoms with Crippen LogP contribution in [0.5, 0.6) is 5.88 Å². The van der Waals surface area contributed by atoms with Crippen LogP contribution < -0.4 is 10.1 Å². The van der Waals surface area contributed by atoms with E-state index in [2.05, 4.69) is 36.1 Å². The van der Waals surface area contributed by atoms with E-state index < -0.39 is 0 Å². The second kappa shape index (κ2) is 6.24. The van der Waals surface area contributed by atoms with Gasteiger partial charge in [-0.05, 0) is 35.3 Å². The van der Waals surface area contributed by atoms with Crippen molar-refractivity contribution in [2.45, 2.75) is 25.0 Å². The van der Waals surface area contributed by atoms with E-state index in [4.69, 9.17) is 9.47 Å². The number of ether oxygens (including phenoxy) is 2. The number of fused-ring (bicyclic) bond motifs is 1. The van der Waals surface area contributed by atoms with Crippen LogP contribution in [0.15, 0.2) is 10.7 Å². The molecule has 0 amide bonds. The maximum atomic E-state index is 5.89. The molecule has 1 aromatic rings. The average molecular weight is 343 g/mol. The predicted octanol–water partition coefficient (Wildman–Crippen LogP) is 1.52. The smallest absolute Gasteiger partial charge is 0.232 e. The summed E-state index contributed by atoms with van der Waals surface area (Å²) in [7, 11) is 1.59. The van der Waals surface area contributed by atoms with Crippen LogP contribution >= 0.6 is 15.9 Å². The lowest BCUT2D eigenvalue weighted by atomic mass is 10.2. The second-order valence-electron chi connectivity index (χ2n) is 5.18. The van der Waals surface area contributed by atoms with Crippen LogP contribution in [-0.2, 0) is 4.74 Å². The van der Waals surface area contributed by atoms with Gasteiger partial charge in [0.15, 0.2) is 0 Å². The molecule has 1 N–H and O–H groups in total. The highest BCUT2D eigenvalue weighted by Crippen LogP contribution is 2.24. The Balaban J connectivity index is 1.54. The molecule has 7 heteroatoms. The summed E-state index contributed by atoms with van der Waals surface area (Å²) >= 11 is 3.34. The maximum Gasteiger partial charge on any atom is 0.232 e. The van der Waals surface area contributed by atoms with Gasteiger partial charge in [-0.2, -0.15) is 4.98 Å². The number of hydrogen-bond donors (Lipinski definition) is 1. The van der Waals surface area contributed by atoms with Gasteiger partial charge in [0.2, 0.25) is 11.8 Å². The Bertz CT molecular complexity index is 474. The number of anilines is 1. The molecular formula is C13H19BrN4O2. The molecule has 0 bridgehead atoms. The average Bonchev–Trinajstić information content (AvgIpc) is 2.94. The minimum absolute atomic E-state index is 0.197. The fourth-order valence-corrected chi connectivity index (χ4v) is 3.15. The van der Waals surface area contributed by atoms with Crippen LogP contribution in [0.3, 0.4) is 0 Å². The van der Waals surface area contributed by atoms with Crippen LogP contribution in [0, 0.1) is 0 Å². The Hall–Kier alpha value is -0.920. The molecule has 0 aromatic carbocycles. The molecule has 20 heavy (non-hydrogen) atoms. The third kappa shape index (κ3) is 3.05. The van der Waals surface area contributed by atoms with E-state index in [1.807, 2.05) is 0 Å². The van der Waals surface area contributed by atoms with Crippen LogP contribution in [-0.4, -0.2) is 60.4 Å². The Morgan fingerprint density at radius 1 is 1.60 bits per heavy atom. The zero-order valence-corrected chi connectivity index (χ0v) is 13.1. The van der Waals surface area contributed by atoms with E-state index in [0.717, 1.165) is 17.6 Å². The number of halogens is 1. The molecule has 2 aliphatic rings. The number of hydrogen-bond acceptors (Lipinski definition) is 6. The summed E-state index contributed by atoms with van der Waals surface area (Å²) in [4.78, 5) is 11.0. The van der Waals surface area contributed by atoms with Crippen molar-refractivity contribution < 1.29 is 9.47 Å². The zero-order valence-electron chi connectivity index (χ0n) is 11.5. The summed E-state index contributed by atoms with van der Waals surface area (Å²) in [5, 5.41) is 3.22. The third-order valence-corrected chi connectivity index (χ3v) is 4.40. The van der Waals surface area contributed by atoms with Crippen molar-refractivity contribution >= 4 is 21.9 Å². The van der Waals surface area contributed by atoms with Crippen molar-refractivity contribution in [2.75, 3.05) is 38.7 Å². The van der Waals surface area contributed by atoms with Crippen LogP contribution in [0.1, 0.15) is 12.8 Å². The first-order valence-electron chi connectivity index (χ1n) is 6.92. The maximum absolute atomic E-state index is 5.89. The Kier molecular flexibility index (Phi) is 4.38. The van der Waals surface area contributed by atoms with Gasteiger partial charge in [0, 0.05) is 19.1 Å². The Labute approximate surface area is 127 Å². The fourth-order valence-electron chi connectivity index (χ4n) is 2.79.